The SMILES string of the molecule is CC(C)(C)c1ccc2c(c1)OC(C)(C)c1c-2n[nH]c1C(=O)N(c1ccc(Cl)cc1Cl)N1CCCCC1.Cl. The summed E-state index contributed by atoms with van der Waals surface area (Å²) >= 11 is 12.8. The number of hydrazine groups is 1. The van der Waals surface area contributed by atoms with Gasteiger partial charge >= 0.3 is 0 Å². The number of aromatic amines is 1. The van der Waals surface area contributed by atoms with Gasteiger partial charge in [-0.25, -0.2) is 10.0 Å². The third-order valence-corrected chi connectivity index (χ3v) is 7.53. The van der Waals surface area contributed by atoms with Crippen LogP contribution >= 0.6 is 35.6 Å². The smallest absolute Gasteiger partial charge is 0.291 e. The van der Waals surface area contributed by atoms with Crippen molar-refractivity contribution in [2.75, 3.05) is 18.1 Å². The van der Waals surface area contributed by atoms with Crippen LogP contribution in [0.4, 0.5) is 5.69 Å². The van der Waals surface area contributed by atoms with Gasteiger partial charge in [0.2, 0.25) is 0 Å². The molecule has 0 atom stereocenters. The van der Waals surface area contributed by atoms with Crippen molar-refractivity contribution in [1.82, 2.24) is 15.2 Å². The lowest BCUT2D eigenvalue weighted by Crippen LogP contribution is -2.50. The molecule has 2 aliphatic rings. The van der Waals surface area contributed by atoms with Crippen LogP contribution in [-0.4, -0.2) is 34.2 Å². The molecule has 1 aromatic heterocycles. The highest BCUT2D eigenvalue weighted by molar-refractivity contribution is 6.37. The van der Waals surface area contributed by atoms with Crippen molar-refractivity contribution in [1.29, 1.82) is 0 Å². The molecule has 0 unspecified atom stereocenters. The van der Waals surface area contributed by atoms with Crippen LogP contribution in [-0.2, 0) is 11.0 Å². The Balaban J connectivity index is 0.00000320. The number of nitrogens with one attached hydrogen (secondary N) is 1. The summed E-state index contributed by atoms with van der Waals surface area (Å²) in [5, 5.41) is 12.4. The Morgan fingerprint density at radius 3 is 2.43 bits per heavy atom. The second-order valence-corrected chi connectivity index (χ2v) is 12.0. The lowest BCUT2D eigenvalue weighted by Gasteiger charge is -2.38. The summed E-state index contributed by atoms with van der Waals surface area (Å²) < 4.78 is 6.51. The molecule has 6 nitrogen and oxygen atoms in total. The van der Waals surface area contributed by atoms with Crippen LogP contribution < -0.4 is 9.75 Å². The van der Waals surface area contributed by atoms with Crippen LogP contribution in [0.2, 0.25) is 10.0 Å². The van der Waals surface area contributed by atoms with Crippen molar-refractivity contribution in [3.05, 3.63) is 63.3 Å². The van der Waals surface area contributed by atoms with E-state index in [9.17, 15) is 4.79 Å². The maximum absolute atomic E-state index is 14.3. The first kappa shape index (κ1) is 27.8. The van der Waals surface area contributed by atoms with Gasteiger partial charge in [0.05, 0.1) is 16.3 Å². The summed E-state index contributed by atoms with van der Waals surface area (Å²) in [5.41, 5.74) is 3.76. The standard InChI is InChI=1S/C28H32Cl2N4O2.ClH/c1-27(2,3)17-9-11-19-22(15-17)36-28(4,5)23-24(19)31-32-25(23)26(35)34(33-13-7-6-8-14-33)21-12-10-18(29)16-20(21)30;/h9-12,15-16H,6-8,13-14H2,1-5H3,(H,31,32);1H. The summed E-state index contributed by atoms with van der Waals surface area (Å²) in [6.45, 7) is 12.0. The quantitative estimate of drug-likeness (QED) is 0.353. The summed E-state index contributed by atoms with van der Waals surface area (Å²) in [7, 11) is 0. The Labute approximate surface area is 234 Å². The number of carbonyl (C=O) groups is 1. The molecular formula is C28H33Cl3N4O2. The maximum atomic E-state index is 14.3. The molecule has 9 heteroatoms. The van der Waals surface area contributed by atoms with Gasteiger partial charge in [0.15, 0.2) is 0 Å². The van der Waals surface area contributed by atoms with E-state index in [0.29, 0.717) is 21.4 Å². The van der Waals surface area contributed by atoms with Crippen LogP contribution in [0, 0.1) is 0 Å². The van der Waals surface area contributed by atoms with Crippen LogP contribution in [0.3, 0.4) is 0 Å². The molecule has 3 aromatic rings. The minimum Gasteiger partial charge on any atom is -0.482 e. The molecule has 2 aromatic carbocycles. The van der Waals surface area contributed by atoms with Crippen molar-refractivity contribution in [2.24, 2.45) is 0 Å². The molecule has 0 saturated carbocycles. The van der Waals surface area contributed by atoms with E-state index in [0.717, 1.165) is 54.9 Å². The molecule has 37 heavy (non-hydrogen) atoms. The molecule has 3 heterocycles. The van der Waals surface area contributed by atoms with Gasteiger partial charge in [-0.05, 0) is 68.0 Å². The van der Waals surface area contributed by atoms with Crippen LogP contribution in [0.5, 0.6) is 5.75 Å². The van der Waals surface area contributed by atoms with Gasteiger partial charge in [0, 0.05) is 23.7 Å². The van der Waals surface area contributed by atoms with E-state index < -0.39 is 5.60 Å². The molecule has 0 bridgehead atoms. The molecule has 2 aliphatic heterocycles. The van der Waals surface area contributed by atoms with Crippen molar-refractivity contribution >= 4 is 47.2 Å². The zero-order chi connectivity index (χ0) is 25.8. The van der Waals surface area contributed by atoms with Crippen LogP contribution in [0.25, 0.3) is 11.3 Å². The third-order valence-electron chi connectivity index (χ3n) is 7.00. The first-order valence-corrected chi connectivity index (χ1v) is 13.2. The number of H-pyrrole nitrogens is 1. The molecule has 0 radical (unpaired) electrons. The van der Waals surface area contributed by atoms with E-state index in [1.54, 1.807) is 23.2 Å². The first-order valence-electron chi connectivity index (χ1n) is 12.4. The third kappa shape index (κ3) is 5.09. The fourth-order valence-corrected chi connectivity index (χ4v) is 5.59. The highest BCUT2D eigenvalue weighted by Gasteiger charge is 2.42. The Hall–Kier alpha value is -2.25. The Morgan fingerprint density at radius 1 is 1.08 bits per heavy atom. The molecule has 1 N–H and O–H groups in total. The fourth-order valence-electron chi connectivity index (χ4n) is 5.10. The van der Waals surface area contributed by atoms with Crippen molar-refractivity contribution in [3.8, 4) is 17.0 Å². The van der Waals surface area contributed by atoms with E-state index >= 15 is 0 Å². The number of hydrogen-bond donors (Lipinski definition) is 1. The lowest BCUT2D eigenvalue weighted by atomic mass is 9.84. The molecule has 5 rings (SSSR count). The predicted molar refractivity (Wildman–Crippen MR) is 152 cm³/mol. The van der Waals surface area contributed by atoms with E-state index in [1.807, 2.05) is 19.9 Å². The summed E-state index contributed by atoms with van der Waals surface area (Å²) in [6.07, 6.45) is 3.16. The van der Waals surface area contributed by atoms with Gasteiger partial charge in [0.1, 0.15) is 22.7 Å². The first-order chi connectivity index (χ1) is 17.0. The van der Waals surface area contributed by atoms with E-state index in [2.05, 4.69) is 48.1 Å². The number of carbonyl (C=O) groups excluding carboxylic acids is 1. The molecular weight excluding hydrogens is 531 g/mol. The van der Waals surface area contributed by atoms with Gasteiger partial charge in [0.25, 0.3) is 5.91 Å². The van der Waals surface area contributed by atoms with Gasteiger partial charge in [-0.15, -0.1) is 12.4 Å². The summed E-state index contributed by atoms with van der Waals surface area (Å²) in [5.74, 6) is 0.556. The number of benzene rings is 2. The van der Waals surface area contributed by atoms with Crippen LogP contribution in [0.1, 0.15) is 75.5 Å². The summed E-state index contributed by atoms with van der Waals surface area (Å²) in [6, 6.07) is 11.5. The molecule has 198 valence electrons. The maximum Gasteiger partial charge on any atom is 0.291 e. The topological polar surface area (TPSA) is 61.5 Å². The molecule has 1 saturated heterocycles. The predicted octanol–water partition coefficient (Wildman–Crippen LogP) is 7.78. The number of nitrogens with zero attached hydrogens (tertiary/aromatic N) is 3. The van der Waals surface area contributed by atoms with E-state index in [1.165, 1.54) is 5.56 Å². The number of fused-ring (bicyclic) bond motifs is 3. The molecule has 0 spiro atoms. The highest BCUT2D eigenvalue weighted by Crippen LogP contribution is 2.47. The number of rotatable bonds is 3. The molecule has 1 amide bonds. The average Bonchev–Trinajstić information content (AvgIpc) is 3.27. The number of hydrogen-bond acceptors (Lipinski definition) is 4. The monoisotopic (exact) mass is 562 g/mol. The Kier molecular flexibility index (Phi) is 7.61. The normalized spacial score (nSPS) is 16.7. The van der Waals surface area contributed by atoms with E-state index in [-0.39, 0.29) is 23.7 Å². The number of ether oxygens (including phenoxy) is 1. The number of aromatic nitrogens is 2. The van der Waals surface area contributed by atoms with E-state index in [4.69, 9.17) is 27.9 Å². The fraction of sp³-hybridized carbons (Fsp3) is 0.429. The second kappa shape index (κ2) is 10.1. The Morgan fingerprint density at radius 2 is 1.78 bits per heavy atom. The zero-order valence-corrected chi connectivity index (χ0v) is 24.2. The van der Waals surface area contributed by atoms with Gasteiger partial charge in [-0.3, -0.25) is 9.89 Å². The lowest BCUT2D eigenvalue weighted by molar-refractivity contribution is 0.0832. The van der Waals surface area contributed by atoms with Crippen LogP contribution in [0.15, 0.2) is 36.4 Å². The average molecular weight is 564 g/mol. The second-order valence-electron chi connectivity index (χ2n) is 11.1. The van der Waals surface area contributed by atoms with Crippen molar-refractivity contribution in [3.63, 3.8) is 0 Å². The zero-order valence-electron chi connectivity index (χ0n) is 21.8. The number of halogens is 3. The van der Waals surface area contributed by atoms with Gasteiger partial charge < -0.3 is 4.74 Å². The van der Waals surface area contributed by atoms with Gasteiger partial charge in [-0.1, -0.05) is 56.5 Å². The highest BCUT2D eigenvalue weighted by atomic mass is 35.5. The largest absolute Gasteiger partial charge is 0.482 e. The number of piperidine rings is 1. The minimum atomic E-state index is -0.770. The van der Waals surface area contributed by atoms with Crippen molar-refractivity contribution in [2.45, 2.75) is 64.9 Å². The molecule has 0 aliphatic carbocycles. The number of anilines is 1. The Bertz CT molecular complexity index is 1320. The summed E-state index contributed by atoms with van der Waals surface area (Å²) in [4.78, 5) is 14.3. The van der Waals surface area contributed by atoms with Crippen molar-refractivity contribution < 1.29 is 9.53 Å². The number of amides is 1. The minimum absolute atomic E-state index is 0. The van der Waals surface area contributed by atoms with Gasteiger partial charge in [-0.2, -0.15) is 5.10 Å². The molecule has 1 fully saturated rings.